The first-order valence-electron chi connectivity index (χ1n) is 5.49. The Hall–Kier alpha value is -0.370. The fraction of sp³-hybridized carbons (Fsp3) is 0.909. The zero-order valence-electron chi connectivity index (χ0n) is 8.43. The molecule has 76 valence electrons. The van der Waals surface area contributed by atoms with Crippen LogP contribution in [0.3, 0.4) is 0 Å². The molecule has 2 nitrogen and oxygen atoms in total. The molecule has 1 fully saturated rings. The molecule has 0 aromatic heterocycles. The molecule has 0 aromatic carbocycles. The zero-order chi connectivity index (χ0) is 9.57. The monoisotopic (exact) mass is 183 g/mol. The molecular formula is C11H21NO. The lowest BCUT2D eigenvalue weighted by molar-refractivity contribution is -0.117. The van der Waals surface area contributed by atoms with Gasteiger partial charge in [0.2, 0.25) is 0 Å². The second kappa shape index (κ2) is 5.38. The number of aldehydes is 1. The lowest BCUT2D eigenvalue weighted by Crippen LogP contribution is -2.23. The van der Waals surface area contributed by atoms with Gasteiger partial charge in [0, 0.05) is 5.41 Å². The van der Waals surface area contributed by atoms with E-state index in [4.69, 9.17) is 5.73 Å². The van der Waals surface area contributed by atoms with Gasteiger partial charge < -0.3 is 10.5 Å². The molecule has 0 amide bonds. The average Bonchev–Trinajstić information content (AvgIpc) is 2.41. The van der Waals surface area contributed by atoms with Crippen LogP contribution < -0.4 is 5.73 Å². The highest BCUT2D eigenvalue weighted by atomic mass is 16.1. The van der Waals surface area contributed by atoms with E-state index in [-0.39, 0.29) is 5.41 Å². The smallest absolute Gasteiger partial charge is 0.126 e. The maximum atomic E-state index is 11.1. The number of nitrogens with two attached hydrogens (primary N) is 1. The zero-order valence-corrected chi connectivity index (χ0v) is 8.43. The Morgan fingerprint density at radius 2 is 1.77 bits per heavy atom. The lowest BCUT2D eigenvalue weighted by atomic mass is 9.78. The molecular weight excluding hydrogens is 162 g/mol. The maximum absolute atomic E-state index is 11.1. The Balaban J connectivity index is 2.48. The van der Waals surface area contributed by atoms with E-state index in [9.17, 15) is 4.79 Å². The van der Waals surface area contributed by atoms with Crippen molar-refractivity contribution in [2.45, 2.75) is 51.4 Å². The van der Waals surface area contributed by atoms with Crippen molar-refractivity contribution in [1.29, 1.82) is 0 Å². The van der Waals surface area contributed by atoms with Crippen LogP contribution in [0.4, 0.5) is 0 Å². The van der Waals surface area contributed by atoms with Crippen molar-refractivity contribution in [1.82, 2.24) is 0 Å². The van der Waals surface area contributed by atoms with Crippen LogP contribution in [0.15, 0.2) is 0 Å². The summed E-state index contributed by atoms with van der Waals surface area (Å²) < 4.78 is 0. The molecule has 1 rings (SSSR count). The number of carbonyl (C=O) groups is 1. The van der Waals surface area contributed by atoms with Gasteiger partial charge in [-0.15, -0.1) is 0 Å². The van der Waals surface area contributed by atoms with Crippen molar-refractivity contribution in [2.24, 2.45) is 11.1 Å². The fourth-order valence-electron chi connectivity index (χ4n) is 2.31. The van der Waals surface area contributed by atoms with Gasteiger partial charge in [-0.1, -0.05) is 25.7 Å². The van der Waals surface area contributed by atoms with E-state index < -0.39 is 0 Å². The summed E-state index contributed by atoms with van der Waals surface area (Å²) in [5, 5.41) is 0. The lowest BCUT2D eigenvalue weighted by Gasteiger charge is -2.25. The van der Waals surface area contributed by atoms with Crippen LogP contribution in [0, 0.1) is 5.41 Å². The van der Waals surface area contributed by atoms with E-state index >= 15 is 0 Å². The Morgan fingerprint density at radius 3 is 2.23 bits per heavy atom. The topological polar surface area (TPSA) is 43.1 Å². The van der Waals surface area contributed by atoms with Gasteiger partial charge in [0.05, 0.1) is 0 Å². The highest BCUT2D eigenvalue weighted by molar-refractivity contribution is 5.59. The molecule has 13 heavy (non-hydrogen) atoms. The summed E-state index contributed by atoms with van der Waals surface area (Å²) in [7, 11) is 0. The average molecular weight is 183 g/mol. The van der Waals surface area contributed by atoms with Crippen molar-refractivity contribution in [3.63, 3.8) is 0 Å². The number of hydrogen-bond acceptors (Lipinski definition) is 2. The summed E-state index contributed by atoms with van der Waals surface area (Å²) in [6.45, 7) is 0.718. The minimum Gasteiger partial charge on any atom is -0.330 e. The van der Waals surface area contributed by atoms with E-state index in [1.807, 2.05) is 0 Å². The normalized spacial score (nSPS) is 22.2. The highest BCUT2D eigenvalue weighted by Crippen LogP contribution is 2.36. The summed E-state index contributed by atoms with van der Waals surface area (Å²) in [5.74, 6) is 0. The number of hydrogen-bond donors (Lipinski definition) is 1. The molecule has 0 spiro atoms. The molecule has 0 aliphatic heterocycles. The van der Waals surface area contributed by atoms with Crippen LogP contribution in [0.2, 0.25) is 0 Å². The molecule has 1 aliphatic carbocycles. The first-order valence-corrected chi connectivity index (χ1v) is 5.49. The van der Waals surface area contributed by atoms with Crippen LogP contribution in [-0.2, 0) is 4.79 Å². The van der Waals surface area contributed by atoms with Gasteiger partial charge in [0.25, 0.3) is 0 Å². The van der Waals surface area contributed by atoms with Crippen molar-refractivity contribution < 1.29 is 4.79 Å². The van der Waals surface area contributed by atoms with Gasteiger partial charge in [-0.3, -0.25) is 0 Å². The van der Waals surface area contributed by atoms with Crippen molar-refractivity contribution >= 4 is 6.29 Å². The van der Waals surface area contributed by atoms with Crippen molar-refractivity contribution in [3.8, 4) is 0 Å². The first kappa shape index (κ1) is 10.7. The Labute approximate surface area is 80.9 Å². The third kappa shape index (κ3) is 3.11. The highest BCUT2D eigenvalue weighted by Gasteiger charge is 2.29. The third-order valence-electron chi connectivity index (χ3n) is 3.23. The van der Waals surface area contributed by atoms with E-state index in [0.717, 1.165) is 32.2 Å². The molecule has 0 heterocycles. The largest absolute Gasteiger partial charge is 0.330 e. The van der Waals surface area contributed by atoms with E-state index in [1.54, 1.807) is 0 Å². The SMILES string of the molecule is NCCCC1(C=O)CCCCCC1. The fourth-order valence-corrected chi connectivity index (χ4v) is 2.31. The Morgan fingerprint density at radius 1 is 1.15 bits per heavy atom. The molecule has 0 radical (unpaired) electrons. The van der Waals surface area contributed by atoms with Crippen LogP contribution in [0.25, 0.3) is 0 Å². The standard InChI is InChI=1S/C11H21NO/c12-9-5-8-11(10-13)6-3-1-2-4-7-11/h10H,1-9,12H2. The van der Waals surface area contributed by atoms with E-state index in [2.05, 4.69) is 0 Å². The predicted molar refractivity (Wildman–Crippen MR) is 54.5 cm³/mol. The van der Waals surface area contributed by atoms with Gasteiger partial charge in [-0.25, -0.2) is 0 Å². The van der Waals surface area contributed by atoms with E-state index in [1.165, 1.54) is 32.0 Å². The summed E-state index contributed by atoms with van der Waals surface area (Å²) >= 11 is 0. The molecule has 2 N–H and O–H groups in total. The minimum absolute atomic E-state index is 0.00410. The molecule has 0 bridgehead atoms. The quantitative estimate of drug-likeness (QED) is 0.536. The Bertz CT molecular complexity index is 148. The van der Waals surface area contributed by atoms with Crippen LogP contribution in [0.1, 0.15) is 51.4 Å². The summed E-state index contributed by atoms with van der Waals surface area (Å²) in [6.07, 6.45) is 10.5. The first-order chi connectivity index (χ1) is 6.33. The number of rotatable bonds is 4. The minimum atomic E-state index is -0.00410. The molecule has 0 unspecified atom stereocenters. The van der Waals surface area contributed by atoms with Crippen LogP contribution in [-0.4, -0.2) is 12.8 Å². The van der Waals surface area contributed by atoms with Gasteiger partial charge in [-0.2, -0.15) is 0 Å². The van der Waals surface area contributed by atoms with Crippen LogP contribution in [0.5, 0.6) is 0 Å². The maximum Gasteiger partial charge on any atom is 0.126 e. The predicted octanol–water partition coefficient (Wildman–Crippen LogP) is 2.26. The molecule has 0 saturated heterocycles. The van der Waals surface area contributed by atoms with Crippen molar-refractivity contribution in [2.75, 3.05) is 6.54 Å². The van der Waals surface area contributed by atoms with Crippen molar-refractivity contribution in [3.05, 3.63) is 0 Å². The second-order valence-electron chi connectivity index (χ2n) is 4.29. The summed E-state index contributed by atoms with van der Waals surface area (Å²) in [4.78, 5) is 11.1. The van der Waals surface area contributed by atoms with E-state index in [0.29, 0.717) is 0 Å². The summed E-state index contributed by atoms with van der Waals surface area (Å²) in [5.41, 5.74) is 5.48. The molecule has 1 saturated carbocycles. The number of carbonyl (C=O) groups excluding carboxylic acids is 1. The van der Waals surface area contributed by atoms with Gasteiger partial charge in [0.1, 0.15) is 6.29 Å². The molecule has 2 heteroatoms. The van der Waals surface area contributed by atoms with Crippen LogP contribution >= 0.6 is 0 Å². The second-order valence-corrected chi connectivity index (χ2v) is 4.29. The Kier molecular flexibility index (Phi) is 4.43. The van der Waals surface area contributed by atoms with Gasteiger partial charge >= 0.3 is 0 Å². The molecule has 0 atom stereocenters. The van der Waals surface area contributed by atoms with Gasteiger partial charge in [0.15, 0.2) is 0 Å². The third-order valence-corrected chi connectivity index (χ3v) is 3.23. The van der Waals surface area contributed by atoms with Gasteiger partial charge in [-0.05, 0) is 32.2 Å². The molecule has 1 aliphatic rings. The summed E-state index contributed by atoms with van der Waals surface area (Å²) in [6, 6.07) is 0. The molecule has 0 aromatic rings.